The standard InChI is InChI=1S/C17H24N4O.ClH/c1-17(2,3)16-19-15(20-22-16)11-21-9-13(14(18)10-21)12-7-5-4-6-8-12;/h4-8,13-14H,9-11,18H2,1-3H3;1H/t13-,14+;/m0./s1. The first-order chi connectivity index (χ1) is 10.4. The zero-order chi connectivity index (χ0) is 15.7. The van der Waals surface area contributed by atoms with E-state index in [4.69, 9.17) is 10.3 Å². The Hall–Kier alpha value is -1.43. The van der Waals surface area contributed by atoms with Crippen LogP contribution in [0.5, 0.6) is 0 Å². The molecule has 1 saturated heterocycles. The van der Waals surface area contributed by atoms with Crippen molar-refractivity contribution in [2.24, 2.45) is 5.73 Å². The highest BCUT2D eigenvalue weighted by molar-refractivity contribution is 5.85. The monoisotopic (exact) mass is 336 g/mol. The van der Waals surface area contributed by atoms with E-state index in [0.29, 0.717) is 18.4 Å². The van der Waals surface area contributed by atoms with Gasteiger partial charge in [0.05, 0.1) is 6.54 Å². The van der Waals surface area contributed by atoms with Crippen LogP contribution in [0.3, 0.4) is 0 Å². The van der Waals surface area contributed by atoms with Crippen LogP contribution >= 0.6 is 12.4 Å². The SMILES string of the molecule is CC(C)(C)c1nc(CN2C[C@@H](N)[C@H](c3ccccc3)C2)no1.Cl. The molecule has 0 saturated carbocycles. The van der Waals surface area contributed by atoms with E-state index in [0.717, 1.165) is 18.9 Å². The Bertz CT molecular complexity index is 623. The summed E-state index contributed by atoms with van der Waals surface area (Å²) in [4.78, 5) is 6.81. The number of halogens is 1. The maximum atomic E-state index is 6.32. The lowest BCUT2D eigenvalue weighted by atomic mass is 9.95. The second-order valence-electron chi connectivity index (χ2n) is 7.14. The highest BCUT2D eigenvalue weighted by Gasteiger charge is 2.32. The van der Waals surface area contributed by atoms with Crippen molar-refractivity contribution in [1.82, 2.24) is 15.0 Å². The van der Waals surface area contributed by atoms with Crippen molar-refractivity contribution in [3.8, 4) is 0 Å². The molecule has 2 heterocycles. The summed E-state index contributed by atoms with van der Waals surface area (Å²) in [6, 6.07) is 10.6. The van der Waals surface area contributed by atoms with E-state index in [1.54, 1.807) is 0 Å². The molecule has 1 aliphatic heterocycles. The molecule has 23 heavy (non-hydrogen) atoms. The van der Waals surface area contributed by atoms with E-state index in [-0.39, 0.29) is 23.9 Å². The van der Waals surface area contributed by atoms with E-state index in [9.17, 15) is 0 Å². The van der Waals surface area contributed by atoms with Crippen molar-refractivity contribution >= 4 is 12.4 Å². The molecule has 5 nitrogen and oxygen atoms in total. The Morgan fingerprint density at radius 3 is 2.52 bits per heavy atom. The van der Waals surface area contributed by atoms with Crippen LogP contribution in [0.25, 0.3) is 0 Å². The minimum absolute atomic E-state index is 0. The number of aromatic nitrogens is 2. The molecule has 1 fully saturated rings. The van der Waals surface area contributed by atoms with Gasteiger partial charge in [0.2, 0.25) is 5.89 Å². The Morgan fingerprint density at radius 1 is 1.22 bits per heavy atom. The molecule has 0 bridgehead atoms. The van der Waals surface area contributed by atoms with Gasteiger partial charge in [-0.05, 0) is 5.56 Å². The lowest BCUT2D eigenvalue weighted by molar-refractivity contribution is 0.294. The molecule has 126 valence electrons. The van der Waals surface area contributed by atoms with Crippen molar-refractivity contribution in [2.45, 2.75) is 44.7 Å². The van der Waals surface area contributed by atoms with Crippen LogP contribution in [0.2, 0.25) is 0 Å². The average molecular weight is 337 g/mol. The van der Waals surface area contributed by atoms with Crippen LogP contribution in [-0.4, -0.2) is 34.2 Å². The Morgan fingerprint density at radius 2 is 1.91 bits per heavy atom. The topological polar surface area (TPSA) is 68.2 Å². The van der Waals surface area contributed by atoms with Crippen LogP contribution < -0.4 is 5.73 Å². The first-order valence-corrected chi connectivity index (χ1v) is 7.79. The van der Waals surface area contributed by atoms with Gasteiger partial charge in [0.15, 0.2) is 5.82 Å². The molecular formula is C17H25ClN4O. The molecule has 2 atom stereocenters. The minimum atomic E-state index is -0.112. The van der Waals surface area contributed by atoms with E-state index in [2.05, 4.69) is 60.1 Å². The van der Waals surface area contributed by atoms with Crippen LogP contribution in [0, 0.1) is 0 Å². The van der Waals surface area contributed by atoms with Crippen molar-refractivity contribution in [3.05, 3.63) is 47.6 Å². The van der Waals surface area contributed by atoms with Crippen LogP contribution in [-0.2, 0) is 12.0 Å². The normalized spacial score (nSPS) is 22.1. The fourth-order valence-corrected chi connectivity index (χ4v) is 2.92. The summed E-state index contributed by atoms with van der Waals surface area (Å²) in [7, 11) is 0. The summed E-state index contributed by atoms with van der Waals surface area (Å²) in [5.74, 6) is 1.80. The average Bonchev–Trinajstić information content (AvgIpc) is 3.07. The third-order valence-electron chi connectivity index (χ3n) is 4.14. The highest BCUT2D eigenvalue weighted by atomic mass is 35.5. The smallest absolute Gasteiger partial charge is 0.232 e. The van der Waals surface area contributed by atoms with Gasteiger partial charge < -0.3 is 10.3 Å². The molecule has 3 rings (SSSR count). The predicted octanol–water partition coefficient (Wildman–Crippen LogP) is 2.72. The summed E-state index contributed by atoms with van der Waals surface area (Å²) in [5, 5.41) is 4.10. The van der Waals surface area contributed by atoms with Gasteiger partial charge in [-0.3, -0.25) is 4.90 Å². The fraction of sp³-hybridized carbons (Fsp3) is 0.529. The molecule has 6 heteroatoms. The molecule has 0 spiro atoms. The number of likely N-dealkylation sites (tertiary alicyclic amines) is 1. The minimum Gasteiger partial charge on any atom is -0.339 e. The van der Waals surface area contributed by atoms with Gasteiger partial charge >= 0.3 is 0 Å². The number of nitrogens with two attached hydrogens (primary N) is 1. The molecule has 2 aromatic rings. The largest absolute Gasteiger partial charge is 0.339 e. The van der Waals surface area contributed by atoms with E-state index < -0.39 is 0 Å². The third-order valence-corrected chi connectivity index (χ3v) is 4.14. The number of nitrogens with zero attached hydrogens (tertiary/aromatic N) is 3. The zero-order valence-electron chi connectivity index (χ0n) is 13.9. The van der Waals surface area contributed by atoms with E-state index >= 15 is 0 Å². The molecule has 0 amide bonds. The van der Waals surface area contributed by atoms with Gasteiger partial charge in [0.1, 0.15) is 0 Å². The number of benzene rings is 1. The van der Waals surface area contributed by atoms with Gasteiger partial charge in [-0.15, -0.1) is 12.4 Å². The summed E-state index contributed by atoms with van der Waals surface area (Å²) >= 11 is 0. The van der Waals surface area contributed by atoms with Gasteiger partial charge in [-0.1, -0.05) is 56.3 Å². The van der Waals surface area contributed by atoms with Crippen molar-refractivity contribution in [2.75, 3.05) is 13.1 Å². The van der Waals surface area contributed by atoms with Crippen molar-refractivity contribution in [3.63, 3.8) is 0 Å². The molecule has 0 aliphatic carbocycles. The number of hydrogen-bond acceptors (Lipinski definition) is 5. The van der Waals surface area contributed by atoms with Gasteiger partial charge in [0.25, 0.3) is 0 Å². The van der Waals surface area contributed by atoms with Crippen LogP contribution in [0.15, 0.2) is 34.9 Å². The van der Waals surface area contributed by atoms with Crippen LogP contribution in [0.4, 0.5) is 0 Å². The quantitative estimate of drug-likeness (QED) is 0.933. The molecule has 0 radical (unpaired) electrons. The first-order valence-electron chi connectivity index (χ1n) is 7.79. The van der Waals surface area contributed by atoms with E-state index in [1.807, 2.05) is 6.07 Å². The molecule has 1 aromatic carbocycles. The number of rotatable bonds is 3. The molecular weight excluding hydrogens is 312 g/mol. The maximum absolute atomic E-state index is 6.32. The van der Waals surface area contributed by atoms with Crippen molar-refractivity contribution < 1.29 is 4.52 Å². The molecule has 1 aliphatic rings. The first kappa shape index (κ1) is 17.9. The molecule has 2 N–H and O–H groups in total. The maximum Gasteiger partial charge on any atom is 0.232 e. The lowest BCUT2D eigenvalue weighted by Gasteiger charge is -2.14. The third kappa shape index (κ3) is 4.10. The second kappa shape index (κ2) is 6.99. The Balaban J connectivity index is 0.00000192. The predicted molar refractivity (Wildman–Crippen MR) is 92.7 cm³/mol. The fourth-order valence-electron chi connectivity index (χ4n) is 2.92. The lowest BCUT2D eigenvalue weighted by Crippen LogP contribution is -2.28. The molecule has 0 unspecified atom stereocenters. The summed E-state index contributed by atoms with van der Waals surface area (Å²) in [6.07, 6.45) is 0. The van der Waals surface area contributed by atoms with E-state index in [1.165, 1.54) is 5.56 Å². The Labute approximate surface area is 143 Å². The summed E-state index contributed by atoms with van der Waals surface area (Å²) in [6.45, 7) is 8.70. The van der Waals surface area contributed by atoms with Crippen molar-refractivity contribution in [1.29, 1.82) is 0 Å². The highest BCUT2D eigenvalue weighted by Crippen LogP contribution is 2.27. The van der Waals surface area contributed by atoms with Gasteiger partial charge in [0, 0.05) is 30.5 Å². The zero-order valence-corrected chi connectivity index (χ0v) is 14.7. The summed E-state index contributed by atoms with van der Waals surface area (Å²) < 4.78 is 5.36. The van der Waals surface area contributed by atoms with Gasteiger partial charge in [-0.25, -0.2) is 0 Å². The second-order valence-corrected chi connectivity index (χ2v) is 7.14. The number of hydrogen-bond donors (Lipinski definition) is 1. The summed E-state index contributed by atoms with van der Waals surface area (Å²) in [5.41, 5.74) is 7.52. The van der Waals surface area contributed by atoms with Gasteiger partial charge in [-0.2, -0.15) is 4.98 Å². The Kier molecular flexibility index (Phi) is 5.45. The molecule has 1 aromatic heterocycles. The van der Waals surface area contributed by atoms with Crippen LogP contribution in [0.1, 0.15) is 44.0 Å².